The summed E-state index contributed by atoms with van der Waals surface area (Å²) in [6.07, 6.45) is 5.78. The number of nitrogen functional groups attached to an aromatic ring is 2. The van der Waals surface area contributed by atoms with Crippen LogP contribution >= 0.6 is 23.1 Å². The fraction of sp³-hybridized carbons (Fsp3) is 0.400. The molecule has 4 amide bonds. The monoisotopic (exact) mass is 1270 g/mol. The number of oxime groups is 2. The minimum atomic E-state index is -5.38. The van der Waals surface area contributed by atoms with E-state index in [1.54, 1.807) is 48.5 Å². The van der Waals surface area contributed by atoms with Gasteiger partial charge in [0.2, 0.25) is 35.5 Å². The summed E-state index contributed by atoms with van der Waals surface area (Å²) in [6.45, 7) is 6.51. The zero-order chi connectivity index (χ0) is 63.1. The SMILES string of the molecule is C[n+]1cc(-c2ccc(OC[C@H](O/N=C(\C(=O)N[C@@H]3C(=O)N(OS(=O)(=O)ON4C(=O)[C@@H](NC(=O)/C(=N\O[C@@H](COc5ccc(-c6cn(CCCN)[n+](C)c6)cc5)C(=O)O)c5nsc(N)n5)C4(C)C)C3(C)C)c3nsc(N)n3)C(=O)O)cc2)cn1CCCN. The van der Waals surface area contributed by atoms with E-state index in [0.717, 1.165) is 48.2 Å². The molecule has 2 aromatic carbocycles. The second kappa shape index (κ2) is 26.6. The molecule has 87 heavy (non-hydrogen) atoms. The molecule has 8 rings (SSSR count). The van der Waals surface area contributed by atoms with Crippen LogP contribution in [0.3, 0.4) is 0 Å². The highest BCUT2D eigenvalue weighted by molar-refractivity contribution is 7.81. The van der Waals surface area contributed by atoms with Gasteiger partial charge < -0.3 is 62.9 Å². The maximum absolute atomic E-state index is 13.8. The third-order valence-corrected chi connectivity index (χ3v) is 15.2. The molecule has 12 N–H and O–H groups in total. The molecule has 4 atom stereocenters. The van der Waals surface area contributed by atoms with Crippen molar-refractivity contribution in [3.05, 3.63) is 85.0 Å². The Kier molecular flexibility index (Phi) is 19.5. The number of amides is 4. The number of nitrogens with one attached hydrogen (secondary N) is 2. The van der Waals surface area contributed by atoms with Crippen LogP contribution in [0.2, 0.25) is 0 Å². The highest BCUT2D eigenvalue weighted by Gasteiger charge is 2.61. The van der Waals surface area contributed by atoms with Gasteiger partial charge in [-0.1, -0.05) is 34.6 Å². The van der Waals surface area contributed by atoms with Gasteiger partial charge in [0.15, 0.2) is 24.4 Å². The summed E-state index contributed by atoms with van der Waals surface area (Å²) in [5.74, 6) is -8.04. The van der Waals surface area contributed by atoms with Crippen LogP contribution in [0.4, 0.5) is 10.3 Å². The third kappa shape index (κ3) is 14.7. The van der Waals surface area contributed by atoms with Crippen molar-refractivity contribution in [1.29, 1.82) is 0 Å². The van der Waals surface area contributed by atoms with E-state index in [1.807, 2.05) is 57.6 Å². The number of hydrogen-bond donors (Lipinski definition) is 8. The van der Waals surface area contributed by atoms with E-state index in [1.165, 1.54) is 27.7 Å². The zero-order valence-corrected chi connectivity index (χ0v) is 49.9. The van der Waals surface area contributed by atoms with Crippen molar-refractivity contribution in [1.82, 2.24) is 48.8 Å². The second-order valence-electron chi connectivity index (χ2n) is 20.5. The van der Waals surface area contributed by atoms with Gasteiger partial charge in [-0.25, -0.2) is 9.59 Å². The molecule has 2 saturated heterocycles. The van der Waals surface area contributed by atoms with Gasteiger partial charge >= 0.3 is 22.3 Å². The van der Waals surface area contributed by atoms with Crippen molar-refractivity contribution >= 4 is 90.7 Å². The van der Waals surface area contributed by atoms with Crippen LogP contribution < -0.4 is 52.4 Å². The maximum Gasteiger partial charge on any atom is 0.442 e. The number of carboxylic acid groups (broad SMARTS) is 2. The molecule has 464 valence electrons. The number of carbonyl (C=O) groups excluding carboxylic acids is 4. The minimum Gasteiger partial charge on any atom is -0.489 e. The molecule has 2 fully saturated rings. The van der Waals surface area contributed by atoms with E-state index >= 15 is 0 Å². The molecule has 0 unspecified atom stereocenters. The molecule has 0 saturated carbocycles. The number of benzene rings is 2. The number of ether oxygens (including phenoxy) is 2. The van der Waals surface area contributed by atoms with Crippen LogP contribution in [0, 0.1) is 0 Å². The molecule has 0 aliphatic carbocycles. The molecular weight excluding hydrogens is 1200 g/mol. The fourth-order valence-electron chi connectivity index (χ4n) is 8.60. The Balaban J connectivity index is 0.861. The largest absolute Gasteiger partial charge is 0.489 e. The Hall–Kier alpha value is -9.27. The van der Waals surface area contributed by atoms with Crippen molar-refractivity contribution in [3.63, 3.8) is 0 Å². The Morgan fingerprint density at radius 3 is 1.33 bits per heavy atom. The van der Waals surface area contributed by atoms with Gasteiger partial charge in [0.1, 0.15) is 36.8 Å². The van der Waals surface area contributed by atoms with Crippen LogP contribution in [0.15, 0.2) is 83.6 Å². The number of aromatic nitrogens is 8. The normalized spacial score (nSPS) is 17.2. The Bertz CT molecular complexity index is 3480. The number of hydrogen-bond acceptors (Lipinski definition) is 26. The second-order valence-corrected chi connectivity index (χ2v) is 23.1. The van der Waals surface area contributed by atoms with E-state index in [4.69, 9.17) is 50.7 Å². The van der Waals surface area contributed by atoms with E-state index in [-0.39, 0.29) is 21.8 Å². The minimum absolute atomic E-state index is 0.124. The standard InChI is InChI=1S/C50H60N18O16S3/c1-49(2)37(55-41(69)35(39-57-47(53)85-61-39)59-81-33(45(73)74)25-79-31-13-9-27(10-14-31)29-21-63(5)65(23-29)19-7-17-51)43(71)67(49)83-87(77,78)84-68-44(72)38(50(68,3)4)56-42(70)36(40-58-48(54)86-62-40)60-82-34(46(75)76)26-80-32-15-11-28(12-16-32)30-22-64(6)66(24-30)20-8-18-52/h9-16,21-24,33-34,37-38H,7-8,17-20,25-26,51-52H2,1-6H3,(H6-2,53,54,55,56,57,58,61,62,69,70,73,74,75,76)/p+2/b59-35-,60-36-/t33-,34-,37+,38+/m0/s1. The number of aliphatic carboxylic acids is 2. The Morgan fingerprint density at radius 1 is 0.655 bits per heavy atom. The number of rotatable bonds is 30. The number of anilines is 2. The van der Waals surface area contributed by atoms with Gasteiger partial charge in [-0.3, -0.25) is 19.2 Å². The number of hydroxylamine groups is 4. The molecule has 0 bridgehead atoms. The molecular formula is C50H62N18O16S3+2. The van der Waals surface area contributed by atoms with Crippen molar-refractivity contribution in [2.45, 2.75) is 89.0 Å². The lowest BCUT2D eigenvalue weighted by molar-refractivity contribution is -0.753. The van der Waals surface area contributed by atoms with Crippen molar-refractivity contribution in [2.24, 2.45) is 35.9 Å². The van der Waals surface area contributed by atoms with Gasteiger partial charge in [-0.05, 0) is 89.0 Å². The number of nitrogens with zero attached hydrogens (tertiary/aromatic N) is 12. The van der Waals surface area contributed by atoms with Crippen LogP contribution in [0.1, 0.15) is 52.2 Å². The number of carboxylic acids is 2. The van der Waals surface area contributed by atoms with E-state index in [9.17, 15) is 47.4 Å². The summed E-state index contributed by atoms with van der Waals surface area (Å²) >= 11 is 1.31. The predicted molar refractivity (Wildman–Crippen MR) is 304 cm³/mol. The van der Waals surface area contributed by atoms with Gasteiger partial charge in [-0.15, -0.1) is 17.9 Å². The zero-order valence-electron chi connectivity index (χ0n) is 47.4. The highest BCUT2D eigenvalue weighted by Crippen LogP contribution is 2.37. The smallest absolute Gasteiger partial charge is 0.442 e. The highest BCUT2D eigenvalue weighted by atomic mass is 32.3. The summed E-state index contributed by atoms with van der Waals surface area (Å²) < 4.78 is 64.0. The van der Waals surface area contributed by atoms with E-state index in [0.29, 0.717) is 46.3 Å². The van der Waals surface area contributed by atoms with E-state index in [2.05, 4.69) is 39.7 Å². The summed E-state index contributed by atoms with van der Waals surface area (Å²) in [7, 11) is -1.58. The van der Waals surface area contributed by atoms with Gasteiger partial charge in [0, 0.05) is 23.1 Å². The third-order valence-electron chi connectivity index (χ3n) is 13.5. The van der Waals surface area contributed by atoms with Crippen molar-refractivity contribution in [2.75, 3.05) is 37.8 Å². The van der Waals surface area contributed by atoms with E-state index < -0.39 is 118 Å². The predicted octanol–water partition coefficient (Wildman–Crippen LogP) is -1.64. The van der Waals surface area contributed by atoms with Crippen molar-refractivity contribution < 1.29 is 84.5 Å². The van der Waals surface area contributed by atoms with Crippen LogP contribution in [-0.4, -0.2) is 165 Å². The number of carbonyl (C=O) groups is 6. The first kappa shape index (κ1) is 63.7. The number of aryl methyl sites for hydroxylation is 4. The van der Waals surface area contributed by atoms with Crippen LogP contribution in [-0.2, 0) is 84.6 Å². The van der Waals surface area contributed by atoms with Gasteiger partial charge in [0.25, 0.3) is 35.8 Å². The molecule has 34 nitrogen and oxygen atoms in total. The Morgan fingerprint density at radius 2 is 1.02 bits per heavy atom. The summed E-state index contributed by atoms with van der Waals surface area (Å²) in [5, 5.41) is 32.6. The molecule has 0 spiro atoms. The molecule has 2 aliphatic heterocycles. The average molecular weight is 1270 g/mol. The number of nitrogens with two attached hydrogens (primary N) is 4. The first-order chi connectivity index (χ1) is 41.2. The lowest BCUT2D eigenvalue weighted by Crippen LogP contribution is -2.78. The lowest BCUT2D eigenvalue weighted by Gasteiger charge is -2.52. The van der Waals surface area contributed by atoms with Crippen LogP contribution in [0.5, 0.6) is 11.5 Å². The molecule has 37 heteroatoms. The van der Waals surface area contributed by atoms with Gasteiger partial charge in [-0.2, -0.15) is 46.6 Å². The average Bonchev–Trinajstić information content (AvgIpc) is 1.93. The molecule has 6 heterocycles. The van der Waals surface area contributed by atoms with Gasteiger partial charge in [0.05, 0.1) is 47.7 Å². The van der Waals surface area contributed by atoms with Crippen molar-refractivity contribution in [3.8, 4) is 33.8 Å². The fourth-order valence-corrected chi connectivity index (χ4v) is 10.4. The molecule has 0 radical (unpaired) electrons. The summed E-state index contributed by atoms with van der Waals surface area (Å²) in [6, 6.07) is 10.5. The molecule has 4 aromatic heterocycles. The molecule has 6 aromatic rings. The molecule has 2 aliphatic rings. The maximum atomic E-state index is 13.8. The lowest BCUT2D eigenvalue weighted by atomic mass is 9.84. The van der Waals surface area contributed by atoms with Crippen LogP contribution in [0.25, 0.3) is 22.3 Å². The summed E-state index contributed by atoms with van der Waals surface area (Å²) in [5.41, 5.74) is 21.5. The first-order valence-electron chi connectivity index (χ1n) is 26.3. The topological polar surface area (TPSA) is 461 Å². The number of β-lactam (4-membered cyclic amide) rings is 2. The first-order valence-corrected chi connectivity index (χ1v) is 29.1. The Labute approximate surface area is 503 Å². The quantitative estimate of drug-likeness (QED) is 0.0109. The summed E-state index contributed by atoms with van der Waals surface area (Å²) in [4.78, 5) is 97.8.